The molecule has 3 nitrogen and oxygen atoms in total. The lowest BCUT2D eigenvalue weighted by Crippen LogP contribution is -2.43. The van der Waals surface area contributed by atoms with E-state index in [4.69, 9.17) is 0 Å². The predicted molar refractivity (Wildman–Crippen MR) is 94.0 cm³/mol. The van der Waals surface area contributed by atoms with Crippen LogP contribution in [0, 0.1) is 8.99 Å². The molecular formula is C15H20BrIN2O. The van der Waals surface area contributed by atoms with Gasteiger partial charge in [-0.15, -0.1) is 0 Å². The van der Waals surface area contributed by atoms with Gasteiger partial charge in [-0.2, -0.15) is 0 Å². The molecule has 0 radical (unpaired) electrons. The number of likely N-dealkylation sites (tertiary alicyclic amines) is 1. The Morgan fingerprint density at radius 2 is 2.10 bits per heavy atom. The van der Waals surface area contributed by atoms with Crippen molar-refractivity contribution in [2.45, 2.75) is 19.8 Å². The van der Waals surface area contributed by atoms with Crippen LogP contribution in [0.25, 0.3) is 0 Å². The minimum atomic E-state index is 0.0239. The molecule has 1 aromatic carbocycles. The van der Waals surface area contributed by atoms with E-state index in [9.17, 15) is 4.79 Å². The molecule has 20 heavy (non-hydrogen) atoms. The maximum atomic E-state index is 12.3. The second kappa shape index (κ2) is 6.75. The summed E-state index contributed by atoms with van der Waals surface area (Å²) in [5.74, 6) is 0.0239. The fourth-order valence-corrected chi connectivity index (χ4v) is 3.34. The summed E-state index contributed by atoms with van der Waals surface area (Å²) in [4.78, 5) is 14.7. The Morgan fingerprint density at radius 3 is 2.75 bits per heavy atom. The summed E-state index contributed by atoms with van der Waals surface area (Å²) in [7, 11) is 2.15. The fraction of sp³-hybridized carbons (Fsp3) is 0.533. The van der Waals surface area contributed by atoms with E-state index < -0.39 is 0 Å². The third-order valence-corrected chi connectivity index (χ3v) is 5.48. The molecule has 0 aromatic heterocycles. The van der Waals surface area contributed by atoms with Crippen LogP contribution in [0.4, 0.5) is 0 Å². The van der Waals surface area contributed by atoms with Crippen LogP contribution in [0.1, 0.15) is 30.1 Å². The van der Waals surface area contributed by atoms with E-state index in [1.54, 1.807) is 0 Å². The summed E-state index contributed by atoms with van der Waals surface area (Å²) in [5.41, 5.74) is 0.969. The van der Waals surface area contributed by atoms with Gasteiger partial charge in [0.05, 0.1) is 5.56 Å². The van der Waals surface area contributed by atoms with Crippen molar-refractivity contribution in [3.05, 3.63) is 31.8 Å². The first-order chi connectivity index (χ1) is 9.39. The maximum Gasteiger partial charge on any atom is 0.252 e. The SMILES string of the molecule is CN1CCC(C)(CNC(=O)c2cc(Br)ccc2I)CC1. The summed E-state index contributed by atoms with van der Waals surface area (Å²) in [6.07, 6.45) is 2.28. The average molecular weight is 451 g/mol. The Balaban J connectivity index is 1.97. The highest BCUT2D eigenvalue weighted by Gasteiger charge is 2.29. The van der Waals surface area contributed by atoms with Crippen LogP contribution >= 0.6 is 38.5 Å². The third-order valence-electron chi connectivity index (χ3n) is 4.04. The highest BCUT2D eigenvalue weighted by Crippen LogP contribution is 2.29. The van der Waals surface area contributed by atoms with Gasteiger partial charge in [-0.05, 0) is 79.2 Å². The highest BCUT2D eigenvalue weighted by molar-refractivity contribution is 14.1. The van der Waals surface area contributed by atoms with Gasteiger partial charge in [0.1, 0.15) is 0 Å². The highest BCUT2D eigenvalue weighted by atomic mass is 127. The lowest BCUT2D eigenvalue weighted by Gasteiger charge is -2.38. The number of halogens is 2. The monoisotopic (exact) mass is 450 g/mol. The molecule has 1 aliphatic rings. The largest absolute Gasteiger partial charge is 0.351 e. The molecule has 5 heteroatoms. The zero-order valence-electron chi connectivity index (χ0n) is 11.9. The van der Waals surface area contributed by atoms with Gasteiger partial charge in [-0.1, -0.05) is 22.9 Å². The quantitative estimate of drug-likeness (QED) is 0.714. The third kappa shape index (κ3) is 4.18. The van der Waals surface area contributed by atoms with E-state index >= 15 is 0 Å². The molecule has 1 aromatic rings. The summed E-state index contributed by atoms with van der Waals surface area (Å²) < 4.78 is 1.92. The van der Waals surface area contributed by atoms with Crippen LogP contribution in [0.5, 0.6) is 0 Å². The Bertz CT molecular complexity index is 499. The van der Waals surface area contributed by atoms with Crippen molar-refractivity contribution in [3.63, 3.8) is 0 Å². The van der Waals surface area contributed by atoms with Crippen molar-refractivity contribution in [3.8, 4) is 0 Å². The lowest BCUT2D eigenvalue weighted by molar-refractivity contribution is 0.0890. The summed E-state index contributed by atoms with van der Waals surface area (Å²) >= 11 is 5.62. The molecule has 2 rings (SSSR count). The average Bonchev–Trinajstić information content (AvgIpc) is 2.43. The molecule has 1 aliphatic heterocycles. The van der Waals surface area contributed by atoms with Gasteiger partial charge >= 0.3 is 0 Å². The van der Waals surface area contributed by atoms with Crippen molar-refractivity contribution < 1.29 is 4.79 Å². The van der Waals surface area contributed by atoms with E-state index in [1.807, 2.05) is 18.2 Å². The number of rotatable bonds is 3. The first-order valence-corrected chi connectivity index (χ1v) is 8.69. The van der Waals surface area contributed by atoms with Crippen LogP contribution in [0.2, 0.25) is 0 Å². The second-order valence-electron chi connectivity index (χ2n) is 5.92. The number of benzene rings is 1. The fourth-order valence-electron chi connectivity index (χ4n) is 2.40. The van der Waals surface area contributed by atoms with Gasteiger partial charge in [0.25, 0.3) is 5.91 Å². The Labute approximate surface area is 142 Å². The van der Waals surface area contributed by atoms with E-state index in [1.165, 1.54) is 0 Å². The molecule has 0 spiro atoms. The van der Waals surface area contributed by atoms with E-state index in [0.29, 0.717) is 0 Å². The Morgan fingerprint density at radius 1 is 1.45 bits per heavy atom. The number of amides is 1. The number of nitrogens with zero attached hydrogens (tertiary/aromatic N) is 1. The Hall–Kier alpha value is -0.140. The first-order valence-electron chi connectivity index (χ1n) is 6.81. The molecule has 1 amide bonds. The zero-order valence-corrected chi connectivity index (χ0v) is 15.6. The second-order valence-corrected chi connectivity index (χ2v) is 8.00. The van der Waals surface area contributed by atoms with Gasteiger partial charge in [0.15, 0.2) is 0 Å². The van der Waals surface area contributed by atoms with Crippen LogP contribution in [-0.2, 0) is 0 Å². The summed E-state index contributed by atoms with van der Waals surface area (Å²) in [6.45, 7) is 5.25. The normalized spacial score (nSPS) is 18.8. The number of carbonyl (C=O) groups excluding carboxylic acids is 1. The molecule has 1 fully saturated rings. The Kier molecular flexibility index (Phi) is 5.48. The van der Waals surface area contributed by atoms with Crippen LogP contribution in [0.15, 0.2) is 22.7 Å². The van der Waals surface area contributed by atoms with E-state index in [2.05, 4.69) is 62.7 Å². The smallest absolute Gasteiger partial charge is 0.252 e. The molecule has 0 unspecified atom stereocenters. The molecular weight excluding hydrogens is 431 g/mol. The van der Waals surface area contributed by atoms with Gasteiger partial charge < -0.3 is 10.2 Å². The topological polar surface area (TPSA) is 32.3 Å². The predicted octanol–water partition coefficient (Wildman–Crippen LogP) is 3.52. The minimum absolute atomic E-state index is 0.0239. The number of nitrogens with one attached hydrogen (secondary N) is 1. The van der Waals surface area contributed by atoms with Gasteiger partial charge in [0, 0.05) is 14.6 Å². The number of piperidine rings is 1. The molecule has 0 atom stereocenters. The molecule has 110 valence electrons. The van der Waals surface area contributed by atoms with Crippen molar-refractivity contribution >= 4 is 44.4 Å². The first kappa shape index (κ1) is 16.2. The van der Waals surface area contributed by atoms with Crippen molar-refractivity contribution in [2.24, 2.45) is 5.41 Å². The van der Waals surface area contributed by atoms with Gasteiger partial charge in [0.2, 0.25) is 0 Å². The molecule has 0 saturated carbocycles. The van der Waals surface area contributed by atoms with Crippen LogP contribution < -0.4 is 5.32 Å². The molecule has 1 saturated heterocycles. The molecule has 1 heterocycles. The van der Waals surface area contributed by atoms with Crippen molar-refractivity contribution in [2.75, 3.05) is 26.7 Å². The van der Waals surface area contributed by atoms with Crippen molar-refractivity contribution in [1.29, 1.82) is 0 Å². The molecule has 1 N–H and O–H groups in total. The van der Waals surface area contributed by atoms with Gasteiger partial charge in [-0.25, -0.2) is 0 Å². The van der Waals surface area contributed by atoms with E-state index in [0.717, 1.165) is 46.1 Å². The maximum absolute atomic E-state index is 12.3. The molecule has 0 aliphatic carbocycles. The van der Waals surface area contributed by atoms with E-state index in [-0.39, 0.29) is 11.3 Å². The van der Waals surface area contributed by atoms with Crippen LogP contribution in [0.3, 0.4) is 0 Å². The lowest BCUT2D eigenvalue weighted by atomic mass is 9.80. The number of carbonyl (C=O) groups is 1. The number of hydrogen-bond acceptors (Lipinski definition) is 2. The minimum Gasteiger partial charge on any atom is -0.351 e. The van der Waals surface area contributed by atoms with Crippen LogP contribution in [-0.4, -0.2) is 37.5 Å². The summed E-state index contributed by atoms with van der Waals surface area (Å²) in [5, 5.41) is 3.11. The number of hydrogen-bond donors (Lipinski definition) is 1. The summed E-state index contributed by atoms with van der Waals surface area (Å²) in [6, 6.07) is 5.79. The van der Waals surface area contributed by atoms with Crippen molar-refractivity contribution in [1.82, 2.24) is 10.2 Å². The van der Waals surface area contributed by atoms with Gasteiger partial charge in [-0.3, -0.25) is 4.79 Å². The molecule has 0 bridgehead atoms. The zero-order chi connectivity index (χ0) is 14.8. The standard InChI is InChI=1S/C15H20BrIN2O/c1-15(5-7-19(2)8-6-15)10-18-14(20)12-9-11(16)3-4-13(12)17/h3-4,9H,5-8,10H2,1-2H3,(H,18,20).